The molecule has 5 rings (SSSR count). The van der Waals surface area contributed by atoms with Crippen LogP contribution in [0.2, 0.25) is 0 Å². The van der Waals surface area contributed by atoms with E-state index in [1.54, 1.807) is 0 Å². The van der Waals surface area contributed by atoms with Gasteiger partial charge in [-0.2, -0.15) is 0 Å². The van der Waals surface area contributed by atoms with Gasteiger partial charge in [0.25, 0.3) is 0 Å². The second kappa shape index (κ2) is 3.92. The lowest BCUT2D eigenvalue weighted by Crippen LogP contribution is -2.33. The Morgan fingerprint density at radius 3 is 3.20 bits per heavy atom. The Labute approximate surface area is 117 Å². The molecule has 0 saturated carbocycles. The number of piperidine rings is 1. The summed E-state index contributed by atoms with van der Waals surface area (Å²) in [5.41, 5.74) is 4.10. The standard InChI is InChI=1S/C16H18N2O2/c1-2-10-8-18(6-1)7-5-12-11-3-4-13-16(20-9-19-13)15(11)17-14(10)12/h3-4,10,17H,1-2,5-9H2. The molecule has 2 atom stereocenters. The first-order chi connectivity index (χ1) is 9.90. The van der Waals surface area contributed by atoms with E-state index in [2.05, 4.69) is 22.0 Å². The van der Waals surface area contributed by atoms with Gasteiger partial charge in [0.1, 0.15) is 0 Å². The van der Waals surface area contributed by atoms with E-state index in [1.165, 1.54) is 49.1 Å². The maximum Gasteiger partial charge on any atom is 0.231 e. The van der Waals surface area contributed by atoms with Gasteiger partial charge < -0.3 is 19.4 Å². The highest BCUT2D eigenvalue weighted by atomic mass is 16.7. The van der Waals surface area contributed by atoms with Crippen molar-refractivity contribution in [3.8, 4) is 11.5 Å². The van der Waals surface area contributed by atoms with Gasteiger partial charge in [-0.1, -0.05) is 0 Å². The number of ether oxygens (including phenoxy) is 2. The molecule has 2 unspecified atom stereocenters. The van der Waals surface area contributed by atoms with Crippen LogP contribution in [0, 0.1) is 0 Å². The summed E-state index contributed by atoms with van der Waals surface area (Å²) in [7, 11) is 0. The van der Waals surface area contributed by atoms with Crippen molar-refractivity contribution >= 4 is 10.9 Å². The summed E-state index contributed by atoms with van der Waals surface area (Å²) in [5.74, 6) is 2.44. The quantitative estimate of drug-likeness (QED) is 0.799. The van der Waals surface area contributed by atoms with E-state index < -0.39 is 0 Å². The normalized spacial score (nSPS) is 27.4. The number of hydrogen-bond acceptors (Lipinski definition) is 3. The molecular weight excluding hydrogens is 252 g/mol. The molecule has 0 amide bonds. The third-order valence-corrected chi connectivity index (χ3v) is 5.04. The van der Waals surface area contributed by atoms with Crippen molar-refractivity contribution in [1.29, 1.82) is 0 Å². The minimum atomic E-state index is 0.343. The largest absolute Gasteiger partial charge is 0.454 e. The Kier molecular flexibility index (Phi) is 2.16. The van der Waals surface area contributed by atoms with Gasteiger partial charge in [-0.25, -0.2) is 0 Å². The number of hydrogen-bond donors (Lipinski definition) is 1. The van der Waals surface area contributed by atoms with Crippen LogP contribution in [0.5, 0.6) is 11.5 Å². The molecule has 4 heteroatoms. The molecule has 1 aromatic carbocycles. The maximum absolute atomic E-state index is 5.66. The first-order valence-electron chi connectivity index (χ1n) is 7.55. The zero-order chi connectivity index (χ0) is 13.1. The molecule has 0 aliphatic carbocycles. The number of aromatic amines is 1. The van der Waals surface area contributed by atoms with Crippen molar-refractivity contribution in [1.82, 2.24) is 9.88 Å². The first-order valence-corrected chi connectivity index (χ1v) is 7.55. The van der Waals surface area contributed by atoms with Crippen LogP contribution in [0.3, 0.4) is 0 Å². The average Bonchev–Trinajstić information content (AvgIpc) is 3.06. The van der Waals surface area contributed by atoms with Gasteiger partial charge in [-0.3, -0.25) is 0 Å². The fraction of sp³-hybridized carbons (Fsp3) is 0.500. The molecule has 3 aliphatic rings. The minimum absolute atomic E-state index is 0.343. The fourth-order valence-electron chi connectivity index (χ4n) is 4.09. The van der Waals surface area contributed by atoms with Crippen LogP contribution in [0.4, 0.5) is 0 Å². The summed E-state index contributed by atoms with van der Waals surface area (Å²) >= 11 is 0. The van der Waals surface area contributed by atoms with E-state index in [0.717, 1.165) is 23.4 Å². The summed E-state index contributed by atoms with van der Waals surface area (Å²) in [6.45, 7) is 4.00. The molecule has 20 heavy (non-hydrogen) atoms. The van der Waals surface area contributed by atoms with Gasteiger partial charge in [-0.05, 0) is 43.5 Å². The summed E-state index contributed by atoms with van der Waals surface area (Å²) in [6.07, 6.45) is 3.76. The fourth-order valence-corrected chi connectivity index (χ4v) is 4.09. The number of aromatic nitrogens is 1. The van der Waals surface area contributed by atoms with Gasteiger partial charge in [0.15, 0.2) is 11.5 Å². The molecule has 1 aromatic heterocycles. The molecule has 2 bridgehead atoms. The first kappa shape index (κ1) is 11.0. The Hall–Kier alpha value is -1.68. The predicted molar refractivity (Wildman–Crippen MR) is 76.5 cm³/mol. The number of nitrogens with one attached hydrogen (secondary N) is 1. The molecule has 2 aromatic rings. The van der Waals surface area contributed by atoms with Crippen LogP contribution in [0.1, 0.15) is 30.0 Å². The van der Waals surface area contributed by atoms with Crippen LogP contribution < -0.4 is 9.47 Å². The number of benzene rings is 1. The SMILES string of the molecule is c1cc2c3c([nH]c2c2c1OCO2)C1CCCN(CC3)C1. The highest BCUT2D eigenvalue weighted by molar-refractivity contribution is 5.92. The molecule has 1 saturated heterocycles. The highest BCUT2D eigenvalue weighted by Crippen LogP contribution is 2.43. The van der Waals surface area contributed by atoms with Crippen LogP contribution in [-0.4, -0.2) is 36.3 Å². The summed E-state index contributed by atoms with van der Waals surface area (Å²) in [5, 5.41) is 1.33. The number of rotatable bonds is 0. The second-order valence-electron chi connectivity index (χ2n) is 6.13. The summed E-state index contributed by atoms with van der Waals surface area (Å²) in [4.78, 5) is 6.29. The molecule has 4 nitrogen and oxygen atoms in total. The van der Waals surface area contributed by atoms with E-state index in [1.807, 2.05) is 0 Å². The number of H-pyrrole nitrogens is 1. The van der Waals surface area contributed by atoms with Crippen LogP contribution in [0.15, 0.2) is 12.1 Å². The number of fused-ring (bicyclic) bond motifs is 8. The van der Waals surface area contributed by atoms with Gasteiger partial charge in [0, 0.05) is 30.1 Å². The van der Waals surface area contributed by atoms with Gasteiger partial charge in [0.2, 0.25) is 6.79 Å². The van der Waals surface area contributed by atoms with E-state index in [-0.39, 0.29) is 0 Å². The Balaban J connectivity index is 1.74. The summed E-state index contributed by atoms with van der Waals surface area (Å²) in [6, 6.07) is 4.25. The van der Waals surface area contributed by atoms with Gasteiger partial charge in [0.05, 0.1) is 5.52 Å². The van der Waals surface area contributed by atoms with Crippen LogP contribution in [-0.2, 0) is 6.42 Å². The van der Waals surface area contributed by atoms with Crippen molar-refractivity contribution in [2.75, 3.05) is 26.4 Å². The van der Waals surface area contributed by atoms with E-state index in [0.29, 0.717) is 12.7 Å². The second-order valence-corrected chi connectivity index (χ2v) is 6.13. The van der Waals surface area contributed by atoms with Crippen LogP contribution >= 0.6 is 0 Å². The van der Waals surface area contributed by atoms with Gasteiger partial charge in [-0.15, -0.1) is 0 Å². The van der Waals surface area contributed by atoms with E-state index in [4.69, 9.17) is 9.47 Å². The molecule has 4 heterocycles. The van der Waals surface area contributed by atoms with E-state index >= 15 is 0 Å². The van der Waals surface area contributed by atoms with Crippen molar-refractivity contribution in [2.45, 2.75) is 25.2 Å². The molecule has 0 spiro atoms. The average molecular weight is 270 g/mol. The molecular formula is C16H18N2O2. The third-order valence-electron chi connectivity index (χ3n) is 5.04. The Morgan fingerprint density at radius 1 is 1.20 bits per heavy atom. The highest BCUT2D eigenvalue weighted by Gasteiger charge is 2.30. The van der Waals surface area contributed by atoms with Crippen molar-refractivity contribution in [3.05, 3.63) is 23.4 Å². The monoisotopic (exact) mass is 270 g/mol. The summed E-state index contributed by atoms with van der Waals surface area (Å²) < 4.78 is 11.2. The molecule has 104 valence electrons. The lowest BCUT2D eigenvalue weighted by Gasteiger charge is -2.29. The molecule has 0 radical (unpaired) electrons. The lowest BCUT2D eigenvalue weighted by molar-refractivity contribution is 0.174. The van der Waals surface area contributed by atoms with Crippen molar-refractivity contribution in [3.63, 3.8) is 0 Å². The predicted octanol–water partition coefficient (Wildman–Crippen LogP) is 2.63. The minimum Gasteiger partial charge on any atom is -0.454 e. The van der Waals surface area contributed by atoms with E-state index in [9.17, 15) is 0 Å². The molecule has 1 fully saturated rings. The maximum atomic E-state index is 5.66. The van der Waals surface area contributed by atoms with Crippen molar-refractivity contribution in [2.24, 2.45) is 0 Å². The zero-order valence-corrected chi connectivity index (χ0v) is 11.4. The third kappa shape index (κ3) is 1.40. The van der Waals surface area contributed by atoms with Crippen LogP contribution in [0.25, 0.3) is 10.9 Å². The Morgan fingerprint density at radius 2 is 2.20 bits per heavy atom. The zero-order valence-electron chi connectivity index (χ0n) is 11.4. The topological polar surface area (TPSA) is 37.5 Å². The van der Waals surface area contributed by atoms with Crippen molar-refractivity contribution < 1.29 is 9.47 Å². The smallest absolute Gasteiger partial charge is 0.231 e. The van der Waals surface area contributed by atoms with Gasteiger partial charge >= 0.3 is 0 Å². The lowest BCUT2D eigenvalue weighted by atomic mass is 9.93. The Bertz CT molecular complexity index is 691. The number of nitrogens with zero attached hydrogens (tertiary/aromatic N) is 1. The molecule has 3 aliphatic heterocycles. The molecule has 1 N–H and O–H groups in total.